The van der Waals surface area contributed by atoms with Gasteiger partial charge in [0.1, 0.15) is 4.90 Å². The van der Waals surface area contributed by atoms with Crippen LogP contribution in [0, 0.1) is 13.8 Å². The molecule has 4 nitrogen and oxygen atoms in total. The fourth-order valence-electron chi connectivity index (χ4n) is 0.865. The Kier molecular flexibility index (Phi) is 2.16. The van der Waals surface area contributed by atoms with Crippen LogP contribution in [0.1, 0.15) is 11.1 Å². The monoisotopic (exact) mass is 187 g/mol. The SMILES string of the molecule is Cc1cncc(S(=O)(=O)O)c1C. The highest BCUT2D eigenvalue weighted by molar-refractivity contribution is 7.85. The summed E-state index contributed by atoms with van der Waals surface area (Å²) in [4.78, 5) is 3.55. The van der Waals surface area contributed by atoms with Gasteiger partial charge in [0.2, 0.25) is 0 Å². The molecule has 0 radical (unpaired) electrons. The molecule has 5 heteroatoms. The zero-order valence-electron chi connectivity index (χ0n) is 6.77. The van der Waals surface area contributed by atoms with Crippen LogP contribution in [0.15, 0.2) is 17.3 Å². The van der Waals surface area contributed by atoms with E-state index in [2.05, 4.69) is 4.98 Å². The van der Waals surface area contributed by atoms with Crippen molar-refractivity contribution in [3.05, 3.63) is 23.5 Å². The van der Waals surface area contributed by atoms with Crippen LogP contribution in [-0.4, -0.2) is 18.0 Å². The predicted octanol–water partition coefficient (Wildman–Crippen LogP) is 0.945. The van der Waals surface area contributed by atoms with E-state index in [4.69, 9.17) is 4.55 Å². The Morgan fingerprint density at radius 1 is 1.33 bits per heavy atom. The Balaban J connectivity index is 3.47. The number of rotatable bonds is 1. The number of aryl methyl sites for hydroxylation is 1. The van der Waals surface area contributed by atoms with Crippen molar-refractivity contribution in [2.45, 2.75) is 18.7 Å². The molecule has 0 aliphatic heterocycles. The highest BCUT2D eigenvalue weighted by Gasteiger charge is 2.13. The molecule has 0 saturated heterocycles. The third-order valence-corrected chi connectivity index (χ3v) is 2.67. The van der Waals surface area contributed by atoms with E-state index in [0.29, 0.717) is 5.56 Å². The summed E-state index contributed by atoms with van der Waals surface area (Å²) in [6, 6.07) is 0. The molecule has 0 amide bonds. The van der Waals surface area contributed by atoms with E-state index >= 15 is 0 Å². The number of hydrogen-bond acceptors (Lipinski definition) is 3. The molecule has 1 rings (SSSR count). The highest BCUT2D eigenvalue weighted by Crippen LogP contribution is 2.15. The molecule has 1 N–H and O–H groups in total. The van der Waals surface area contributed by atoms with Gasteiger partial charge in [0.25, 0.3) is 10.1 Å². The van der Waals surface area contributed by atoms with Crippen molar-refractivity contribution in [1.29, 1.82) is 0 Å². The van der Waals surface area contributed by atoms with Gasteiger partial charge >= 0.3 is 0 Å². The zero-order chi connectivity index (χ0) is 9.35. The van der Waals surface area contributed by atoms with Crippen LogP contribution >= 0.6 is 0 Å². The lowest BCUT2D eigenvalue weighted by atomic mass is 10.2. The van der Waals surface area contributed by atoms with E-state index in [1.54, 1.807) is 20.0 Å². The Morgan fingerprint density at radius 3 is 2.33 bits per heavy atom. The summed E-state index contributed by atoms with van der Waals surface area (Å²) in [5.41, 5.74) is 1.28. The quantitative estimate of drug-likeness (QED) is 0.664. The Bertz CT molecular complexity index is 397. The molecule has 12 heavy (non-hydrogen) atoms. The number of hydrogen-bond donors (Lipinski definition) is 1. The molecule has 0 aliphatic carbocycles. The first-order valence-electron chi connectivity index (χ1n) is 3.31. The first kappa shape index (κ1) is 9.15. The lowest BCUT2D eigenvalue weighted by molar-refractivity contribution is 0.482. The van der Waals surface area contributed by atoms with Crippen molar-refractivity contribution in [2.24, 2.45) is 0 Å². The summed E-state index contributed by atoms with van der Waals surface area (Å²) in [5.74, 6) is 0. The van der Waals surface area contributed by atoms with Gasteiger partial charge in [-0.2, -0.15) is 8.42 Å². The average Bonchev–Trinajstić information content (AvgIpc) is 1.92. The van der Waals surface area contributed by atoms with Gasteiger partial charge in [0, 0.05) is 12.4 Å². The van der Waals surface area contributed by atoms with E-state index < -0.39 is 10.1 Å². The maximum Gasteiger partial charge on any atom is 0.296 e. The minimum atomic E-state index is -4.12. The fraction of sp³-hybridized carbons (Fsp3) is 0.286. The first-order valence-corrected chi connectivity index (χ1v) is 4.75. The zero-order valence-corrected chi connectivity index (χ0v) is 7.59. The Morgan fingerprint density at radius 2 is 1.92 bits per heavy atom. The smallest absolute Gasteiger partial charge is 0.282 e. The van der Waals surface area contributed by atoms with Gasteiger partial charge in [-0.15, -0.1) is 0 Å². The van der Waals surface area contributed by atoms with Crippen LogP contribution in [0.4, 0.5) is 0 Å². The largest absolute Gasteiger partial charge is 0.296 e. The molecule has 0 unspecified atom stereocenters. The van der Waals surface area contributed by atoms with Crippen molar-refractivity contribution in [3.63, 3.8) is 0 Å². The summed E-state index contributed by atoms with van der Waals surface area (Å²) in [5, 5.41) is 0. The molecule has 0 aromatic carbocycles. The van der Waals surface area contributed by atoms with Gasteiger partial charge < -0.3 is 0 Å². The lowest BCUT2D eigenvalue weighted by Crippen LogP contribution is -2.02. The minimum absolute atomic E-state index is 0.123. The van der Waals surface area contributed by atoms with Crippen LogP contribution in [0.5, 0.6) is 0 Å². The minimum Gasteiger partial charge on any atom is -0.282 e. The highest BCUT2D eigenvalue weighted by atomic mass is 32.2. The molecule has 0 spiro atoms. The molecule has 1 aromatic rings. The van der Waals surface area contributed by atoms with E-state index in [1.807, 2.05) is 0 Å². The van der Waals surface area contributed by atoms with E-state index in [0.717, 1.165) is 11.8 Å². The van der Waals surface area contributed by atoms with Crippen molar-refractivity contribution in [1.82, 2.24) is 4.98 Å². The van der Waals surface area contributed by atoms with Crippen molar-refractivity contribution >= 4 is 10.1 Å². The van der Waals surface area contributed by atoms with Gasteiger partial charge in [0.05, 0.1) is 0 Å². The third kappa shape index (κ3) is 1.62. The van der Waals surface area contributed by atoms with E-state index in [1.165, 1.54) is 0 Å². The summed E-state index contributed by atoms with van der Waals surface area (Å²) < 4.78 is 30.2. The topological polar surface area (TPSA) is 67.3 Å². The van der Waals surface area contributed by atoms with Crippen LogP contribution in [0.25, 0.3) is 0 Å². The summed E-state index contributed by atoms with van der Waals surface area (Å²) >= 11 is 0. The maximum absolute atomic E-state index is 10.7. The predicted molar refractivity (Wildman–Crippen MR) is 43.5 cm³/mol. The standard InChI is InChI=1S/C7H9NO3S/c1-5-3-8-4-7(6(5)2)12(9,10)11/h3-4H,1-2H3,(H,9,10,11). The van der Waals surface area contributed by atoms with E-state index in [-0.39, 0.29) is 4.90 Å². The number of nitrogens with zero attached hydrogens (tertiary/aromatic N) is 1. The Labute approximate surface area is 71.0 Å². The molecule has 0 aliphatic rings. The second-order valence-corrected chi connectivity index (χ2v) is 3.94. The lowest BCUT2D eigenvalue weighted by Gasteiger charge is -2.03. The van der Waals surface area contributed by atoms with Gasteiger partial charge in [-0.25, -0.2) is 0 Å². The summed E-state index contributed by atoms with van der Waals surface area (Å²) in [6.07, 6.45) is 2.68. The number of aromatic nitrogens is 1. The second-order valence-electron chi connectivity index (χ2n) is 2.55. The van der Waals surface area contributed by atoms with Crippen molar-refractivity contribution in [2.75, 3.05) is 0 Å². The maximum atomic E-state index is 10.7. The molecule has 0 bridgehead atoms. The molecular formula is C7H9NO3S. The van der Waals surface area contributed by atoms with E-state index in [9.17, 15) is 8.42 Å². The second kappa shape index (κ2) is 2.84. The Hall–Kier alpha value is -0.940. The van der Waals surface area contributed by atoms with Crippen molar-refractivity contribution < 1.29 is 13.0 Å². The van der Waals surface area contributed by atoms with Gasteiger partial charge in [-0.05, 0) is 25.0 Å². The molecule has 66 valence electrons. The van der Waals surface area contributed by atoms with Gasteiger partial charge in [-0.1, -0.05) is 0 Å². The molecule has 0 atom stereocenters. The van der Waals surface area contributed by atoms with Gasteiger partial charge in [-0.3, -0.25) is 9.54 Å². The van der Waals surface area contributed by atoms with Crippen molar-refractivity contribution in [3.8, 4) is 0 Å². The molecule has 1 aromatic heterocycles. The van der Waals surface area contributed by atoms with Crippen LogP contribution in [0.3, 0.4) is 0 Å². The molecule has 0 saturated carbocycles. The molecular weight excluding hydrogens is 178 g/mol. The van der Waals surface area contributed by atoms with Crippen LogP contribution < -0.4 is 0 Å². The summed E-state index contributed by atoms with van der Waals surface area (Å²) in [6.45, 7) is 3.36. The number of pyridine rings is 1. The average molecular weight is 187 g/mol. The first-order chi connectivity index (χ1) is 5.43. The molecule has 0 fully saturated rings. The van der Waals surface area contributed by atoms with Crippen LogP contribution in [0.2, 0.25) is 0 Å². The summed E-state index contributed by atoms with van der Waals surface area (Å²) in [7, 11) is -4.12. The third-order valence-electron chi connectivity index (χ3n) is 1.70. The van der Waals surface area contributed by atoms with Crippen LogP contribution in [-0.2, 0) is 10.1 Å². The van der Waals surface area contributed by atoms with Gasteiger partial charge in [0.15, 0.2) is 0 Å². The fourth-order valence-corrected chi connectivity index (χ4v) is 1.61. The normalized spacial score (nSPS) is 11.6. The molecule has 1 heterocycles.